The van der Waals surface area contributed by atoms with E-state index < -0.39 is 10.0 Å². The van der Waals surface area contributed by atoms with Crippen molar-refractivity contribution in [3.05, 3.63) is 59.7 Å². The first kappa shape index (κ1) is 28.2. The van der Waals surface area contributed by atoms with E-state index in [9.17, 15) is 8.42 Å². The lowest BCUT2D eigenvalue weighted by atomic mass is 10.1. The monoisotopic (exact) mass is 574 g/mol. The fraction of sp³-hybridized carbons (Fsp3) is 0.435. The van der Waals surface area contributed by atoms with Crippen LogP contribution in [0.4, 0.5) is 0 Å². The maximum Gasteiger partial charge on any atom is 0.243 e. The largest absolute Gasteiger partial charge is 0.497 e. The van der Waals surface area contributed by atoms with Crippen LogP contribution in [0.3, 0.4) is 0 Å². The Hall–Kier alpha value is -1.85. The van der Waals surface area contributed by atoms with Gasteiger partial charge in [-0.15, -0.1) is 24.0 Å². The highest BCUT2D eigenvalue weighted by atomic mass is 127. The van der Waals surface area contributed by atoms with E-state index in [1.165, 1.54) is 9.87 Å². The van der Waals surface area contributed by atoms with Gasteiger partial charge in [-0.1, -0.05) is 24.3 Å². The highest BCUT2D eigenvalue weighted by Gasteiger charge is 2.22. The van der Waals surface area contributed by atoms with Crippen molar-refractivity contribution in [1.82, 2.24) is 14.9 Å². The molecule has 0 aliphatic rings. The summed E-state index contributed by atoms with van der Waals surface area (Å²) in [7, 11) is -0.218. The molecule has 0 aliphatic carbocycles. The summed E-state index contributed by atoms with van der Waals surface area (Å²) in [4.78, 5) is 4.90. The van der Waals surface area contributed by atoms with E-state index in [0.717, 1.165) is 36.8 Å². The quantitative estimate of drug-likeness (QED) is 0.257. The van der Waals surface area contributed by atoms with E-state index >= 15 is 0 Å². The van der Waals surface area contributed by atoms with Crippen LogP contribution in [0.2, 0.25) is 0 Å². The van der Waals surface area contributed by atoms with Crippen molar-refractivity contribution in [1.29, 1.82) is 0 Å². The third kappa shape index (κ3) is 8.25. The number of methoxy groups -OCH3 is 1. The van der Waals surface area contributed by atoms with Gasteiger partial charge >= 0.3 is 0 Å². The maximum absolute atomic E-state index is 12.6. The highest BCUT2D eigenvalue weighted by molar-refractivity contribution is 14.0. The Morgan fingerprint density at radius 2 is 1.62 bits per heavy atom. The molecule has 2 N–H and O–H groups in total. The van der Waals surface area contributed by atoms with Gasteiger partial charge < -0.3 is 15.4 Å². The van der Waals surface area contributed by atoms with Gasteiger partial charge in [-0.05, 0) is 62.6 Å². The van der Waals surface area contributed by atoms with Crippen LogP contribution < -0.4 is 15.4 Å². The summed E-state index contributed by atoms with van der Waals surface area (Å²) in [6.07, 6.45) is 0.865. The Morgan fingerprint density at radius 3 is 2.16 bits per heavy atom. The molecule has 0 spiro atoms. The van der Waals surface area contributed by atoms with E-state index in [4.69, 9.17) is 4.74 Å². The SMILES string of the molecule is CCNC(=NCc1ccc(S(=O)(=O)N(C)C(C)C)cc1)NCCc1ccc(OC)cc1.I. The predicted octanol–water partition coefficient (Wildman–Crippen LogP) is 3.64. The molecule has 9 heteroatoms. The van der Waals surface area contributed by atoms with E-state index in [0.29, 0.717) is 11.4 Å². The molecular weight excluding hydrogens is 539 g/mol. The zero-order valence-corrected chi connectivity index (χ0v) is 22.6. The van der Waals surface area contributed by atoms with Crippen LogP contribution in [0.1, 0.15) is 31.9 Å². The van der Waals surface area contributed by atoms with Crippen LogP contribution in [0, 0.1) is 0 Å². The first-order chi connectivity index (χ1) is 14.8. The van der Waals surface area contributed by atoms with Gasteiger partial charge in [-0.3, -0.25) is 0 Å². The molecule has 0 aliphatic heterocycles. The minimum absolute atomic E-state index is 0. The summed E-state index contributed by atoms with van der Waals surface area (Å²) >= 11 is 0. The lowest BCUT2D eigenvalue weighted by molar-refractivity contribution is 0.410. The molecular formula is C23H35IN4O3S. The second kappa shape index (κ2) is 13.6. The zero-order valence-electron chi connectivity index (χ0n) is 19.5. The normalized spacial score (nSPS) is 11.9. The van der Waals surface area contributed by atoms with Gasteiger partial charge in [0.1, 0.15) is 5.75 Å². The van der Waals surface area contributed by atoms with E-state index in [1.807, 2.05) is 45.0 Å². The lowest BCUT2D eigenvalue weighted by Gasteiger charge is -2.21. The van der Waals surface area contributed by atoms with Gasteiger partial charge in [0.05, 0.1) is 18.6 Å². The minimum atomic E-state index is -3.47. The number of guanidine groups is 1. The second-order valence-corrected chi connectivity index (χ2v) is 9.48. The lowest BCUT2D eigenvalue weighted by Crippen LogP contribution is -2.38. The second-order valence-electron chi connectivity index (χ2n) is 7.48. The standard InChI is InChI=1S/C23H34N4O3S.HI/c1-6-24-23(25-16-15-19-7-11-21(30-5)12-8-19)26-17-20-9-13-22(14-10-20)31(28,29)27(4)18(2)3;/h7-14,18H,6,15-17H2,1-5H3,(H2,24,25,26);1H. The molecule has 0 fully saturated rings. The zero-order chi connectivity index (χ0) is 22.9. The summed E-state index contributed by atoms with van der Waals surface area (Å²) in [6.45, 7) is 7.68. The van der Waals surface area contributed by atoms with Crippen LogP contribution in [0.5, 0.6) is 5.75 Å². The van der Waals surface area contributed by atoms with Crippen molar-refractivity contribution in [3.8, 4) is 5.75 Å². The molecule has 0 aromatic heterocycles. The molecule has 0 atom stereocenters. The molecule has 2 aromatic rings. The van der Waals surface area contributed by atoms with Crippen molar-refractivity contribution in [2.75, 3.05) is 27.2 Å². The molecule has 32 heavy (non-hydrogen) atoms. The van der Waals surface area contributed by atoms with E-state index in [1.54, 1.807) is 26.3 Å². The molecule has 0 unspecified atom stereocenters. The van der Waals surface area contributed by atoms with Crippen LogP contribution >= 0.6 is 24.0 Å². The Balaban J connectivity index is 0.00000512. The number of rotatable bonds is 10. The molecule has 0 heterocycles. The molecule has 7 nitrogen and oxygen atoms in total. The topological polar surface area (TPSA) is 83.0 Å². The Labute approximate surface area is 209 Å². The molecule has 0 radical (unpaired) electrons. The van der Waals surface area contributed by atoms with Crippen molar-refractivity contribution < 1.29 is 13.2 Å². The predicted molar refractivity (Wildman–Crippen MR) is 141 cm³/mol. The fourth-order valence-electron chi connectivity index (χ4n) is 2.84. The Kier molecular flexibility index (Phi) is 12.0. The van der Waals surface area contributed by atoms with Crippen LogP contribution in [-0.2, 0) is 23.0 Å². The molecule has 0 amide bonds. The number of sulfonamides is 1. The van der Waals surface area contributed by atoms with Crippen molar-refractivity contribution in [2.45, 2.75) is 44.7 Å². The number of ether oxygens (including phenoxy) is 1. The van der Waals surface area contributed by atoms with Crippen molar-refractivity contribution in [2.24, 2.45) is 4.99 Å². The van der Waals surface area contributed by atoms with Crippen molar-refractivity contribution in [3.63, 3.8) is 0 Å². The van der Waals surface area contributed by atoms with Crippen LogP contribution in [0.25, 0.3) is 0 Å². The molecule has 0 saturated carbocycles. The number of hydrogen-bond donors (Lipinski definition) is 2. The van der Waals surface area contributed by atoms with Gasteiger partial charge in [0.2, 0.25) is 10.0 Å². The smallest absolute Gasteiger partial charge is 0.243 e. The molecule has 2 aromatic carbocycles. The summed E-state index contributed by atoms with van der Waals surface area (Å²) in [5.74, 6) is 1.58. The number of nitrogens with one attached hydrogen (secondary N) is 2. The van der Waals surface area contributed by atoms with Gasteiger partial charge in [0.25, 0.3) is 0 Å². The van der Waals surface area contributed by atoms with Gasteiger partial charge in [0.15, 0.2) is 5.96 Å². The van der Waals surface area contributed by atoms with Crippen molar-refractivity contribution >= 4 is 40.0 Å². The molecule has 0 bridgehead atoms. The van der Waals surface area contributed by atoms with E-state index in [2.05, 4.69) is 27.8 Å². The average molecular weight is 575 g/mol. The summed E-state index contributed by atoms with van der Waals surface area (Å²) in [5, 5.41) is 6.57. The Morgan fingerprint density at radius 1 is 1.03 bits per heavy atom. The first-order valence-electron chi connectivity index (χ1n) is 10.5. The van der Waals surface area contributed by atoms with Crippen LogP contribution in [0.15, 0.2) is 58.4 Å². The maximum atomic E-state index is 12.6. The summed E-state index contributed by atoms with van der Waals surface area (Å²) in [5.41, 5.74) is 2.16. The Bertz CT molecular complexity index is 946. The average Bonchev–Trinajstić information content (AvgIpc) is 2.77. The minimum Gasteiger partial charge on any atom is -0.497 e. The molecule has 178 valence electrons. The molecule has 0 saturated heterocycles. The number of nitrogens with zero attached hydrogens (tertiary/aromatic N) is 2. The number of aliphatic imine (C=N–C) groups is 1. The third-order valence-corrected chi connectivity index (χ3v) is 7.00. The summed E-state index contributed by atoms with van der Waals surface area (Å²) in [6, 6.07) is 14.8. The molecule has 2 rings (SSSR count). The van der Waals surface area contributed by atoms with Gasteiger partial charge in [0, 0.05) is 26.2 Å². The van der Waals surface area contributed by atoms with Crippen LogP contribution in [-0.4, -0.2) is 52.0 Å². The number of benzene rings is 2. The summed E-state index contributed by atoms with van der Waals surface area (Å²) < 4.78 is 31.7. The first-order valence-corrected chi connectivity index (χ1v) is 11.9. The fourth-order valence-corrected chi connectivity index (χ4v) is 4.21. The highest BCUT2D eigenvalue weighted by Crippen LogP contribution is 2.17. The van der Waals surface area contributed by atoms with E-state index in [-0.39, 0.29) is 30.0 Å². The number of hydrogen-bond acceptors (Lipinski definition) is 4. The van der Waals surface area contributed by atoms with Gasteiger partial charge in [-0.25, -0.2) is 13.4 Å². The third-order valence-electron chi connectivity index (χ3n) is 4.96. The van der Waals surface area contributed by atoms with Gasteiger partial charge in [-0.2, -0.15) is 4.31 Å². The number of halogens is 1.